The maximum atomic E-state index is 6.19. The van der Waals surface area contributed by atoms with Gasteiger partial charge >= 0.3 is 0 Å². The molecule has 3 rings (SSSR count). The van der Waals surface area contributed by atoms with E-state index in [1.54, 1.807) is 0 Å². The average molecular weight is 310 g/mol. The normalized spacial score (nSPS) is 24.3. The molecule has 1 heterocycles. The third-order valence-corrected chi connectivity index (χ3v) is 4.87. The maximum absolute atomic E-state index is 6.19. The van der Waals surface area contributed by atoms with Crippen molar-refractivity contribution in [2.24, 2.45) is 11.8 Å². The van der Waals surface area contributed by atoms with Crippen molar-refractivity contribution in [2.75, 3.05) is 13.3 Å². The minimum atomic E-state index is 0.270. The molecule has 116 valence electrons. The summed E-state index contributed by atoms with van der Waals surface area (Å²) in [5.74, 6) is 3.26. The zero-order valence-corrected chi connectivity index (χ0v) is 13.4. The lowest BCUT2D eigenvalue weighted by atomic mass is 9.81. The van der Waals surface area contributed by atoms with Crippen molar-refractivity contribution in [3.8, 4) is 11.5 Å². The Bertz CT molecular complexity index is 492. The second-order valence-corrected chi connectivity index (χ2v) is 6.82. The summed E-state index contributed by atoms with van der Waals surface area (Å²) in [5, 5.41) is 4.17. The topological polar surface area (TPSA) is 30.5 Å². The highest BCUT2D eigenvalue weighted by atomic mass is 35.5. The first-order valence-electron chi connectivity index (χ1n) is 8.01. The molecule has 1 aromatic carbocycles. The Kier molecular flexibility index (Phi) is 4.91. The fraction of sp³-hybridized carbons (Fsp3) is 0.647. The third-order valence-electron chi connectivity index (χ3n) is 4.59. The molecule has 1 N–H and O–H groups in total. The molecule has 0 saturated heterocycles. The van der Waals surface area contributed by atoms with Gasteiger partial charge in [-0.2, -0.15) is 0 Å². The molecular weight excluding hydrogens is 286 g/mol. The molecule has 2 unspecified atom stereocenters. The Morgan fingerprint density at radius 1 is 1.29 bits per heavy atom. The van der Waals surface area contributed by atoms with E-state index in [1.165, 1.54) is 32.1 Å². The van der Waals surface area contributed by atoms with E-state index in [0.717, 1.165) is 36.2 Å². The van der Waals surface area contributed by atoms with Gasteiger partial charge in [0.1, 0.15) is 0 Å². The quantitative estimate of drug-likeness (QED) is 0.819. The van der Waals surface area contributed by atoms with E-state index in [0.29, 0.717) is 10.8 Å². The van der Waals surface area contributed by atoms with E-state index in [9.17, 15) is 0 Å². The van der Waals surface area contributed by atoms with Crippen molar-refractivity contribution < 1.29 is 9.47 Å². The van der Waals surface area contributed by atoms with Crippen LogP contribution in [0.15, 0.2) is 12.1 Å². The van der Waals surface area contributed by atoms with Crippen molar-refractivity contribution in [3.05, 3.63) is 22.7 Å². The Hall–Kier alpha value is -0.930. The summed E-state index contributed by atoms with van der Waals surface area (Å²) in [6, 6.07) is 3.98. The van der Waals surface area contributed by atoms with Gasteiger partial charge in [0.2, 0.25) is 6.79 Å². The molecular formula is C17H24ClNO2. The Balaban J connectivity index is 1.44. The summed E-state index contributed by atoms with van der Waals surface area (Å²) in [4.78, 5) is 0. The van der Waals surface area contributed by atoms with Crippen LogP contribution in [0.2, 0.25) is 5.02 Å². The van der Waals surface area contributed by atoms with Crippen LogP contribution in [0.4, 0.5) is 0 Å². The van der Waals surface area contributed by atoms with E-state index >= 15 is 0 Å². The molecule has 1 fully saturated rings. The number of rotatable bonds is 5. The molecule has 2 atom stereocenters. The van der Waals surface area contributed by atoms with Gasteiger partial charge in [0.25, 0.3) is 0 Å². The zero-order valence-electron chi connectivity index (χ0n) is 12.7. The average Bonchev–Trinajstić information content (AvgIpc) is 2.93. The summed E-state index contributed by atoms with van der Waals surface area (Å²) < 4.78 is 10.7. The number of fused-ring (bicyclic) bond motifs is 1. The Labute approximate surface area is 132 Å². The van der Waals surface area contributed by atoms with Gasteiger partial charge < -0.3 is 14.8 Å². The van der Waals surface area contributed by atoms with Crippen LogP contribution in [-0.4, -0.2) is 13.3 Å². The van der Waals surface area contributed by atoms with Crippen molar-refractivity contribution in [1.82, 2.24) is 5.32 Å². The van der Waals surface area contributed by atoms with Crippen LogP contribution < -0.4 is 14.8 Å². The first-order valence-corrected chi connectivity index (χ1v) is 8.39. The predicted octanol–water partition coefficient (Wildman–Crippen LogP) is 4.37. The van der Waals surface area contributed by atoms with Gasteiger partial charge in [-0.25, -0.2) is 0 Å². The number of hydrogen-bond acceptors (Lipinski definition) is 3. The van der Waals surface area contributed by atoms with Gasteiger partial charge in [-0.3, -0.25) is 0 Å². The number of halogens is 1. The van der Waals surface area contributed by atoms with Gasteiger partial charge in [-0.05, 0) is 48.9 Å². The number of ether oxygens (including phenoxy) is 2. The summed E-state index contributed by atoms with van der Waals surface area (Å²) in [6.45, 7) is 4.56. The molecule has 0 amide bonds. The van der Waals surface area contributed by atoms with Gasteiger partial charge in [-0.1, -0.05) is 37.8 Å². The highest BCUT2D eigenvalue weighted by Crippen LogP contribution is 2.39. The predicted molar refractivity (Wildman–Crippen MR) is 85.0 cm³/mol. The standard InChI is InChI=1S/C17H24ClNO2/c1-12-3-2-4-13(7-12)5-6-19-10-14-8-15(18)17-16(9-14)20-11-21-17/h8-9,12-13,19H,2-7,10-11H2,1H3. The molecule has 1 aromatic rings. The van der Waals surface area contributed by atoms with E-state index in [-0.39, 0.29) is 6.79 Å². The monoisotopic (exact) mass is 309 g/mol. The van der Waals surface area contributed by atoms with Crippen molar-refractivity contribution in [3.63, 3.8) is 0 Å². The van der Waals surface area contributed by atoms with Crippen LogP contribution in [0.5, 0.6) is 11.5 Å². The van der Waals surface area contributed by atoms with Gasteiger partial charge in [0.05, 0.1) is 5.02 Å². The Morgan fingerprint density at radius 2 is 2.19 bits per heavy atom. The van der Waals surface area contributed by atoms with Crippen molar-refractivity contribution in [1.29, 1.82) is 0 Å². The fourth-order valence-corrected chi connectivity index (χ4v) is 3.77. The lowest BCUT2D eigenvalue weighted by molar-refractivity contribution is 0.174. The summed E-state index contributed by atoms with van der Waals surface area (Å²) in [7, 11) is 0. The third kappa shape index (κ3) is 3.83. The van der Waals surface area contributed by atoms with E-state index in [1.807, 2.05) is 12.1 Å². The minimum absolute atomic E-state index is 0.270. The number of benzene rings is 1. The molecule has 1 aliphatic heterocycles. The van der Waals surface area contributed by atoms with Gasteiger partial charge in [0, 0.05) is 6.54 Å². The molecule has 1 saturated carbocycles. The van der Waals surface area contributed by atoms with Crippen LogP contribution in [0.3, 0.4) is 0 Å². The number of nitrogens with one attached hydrogen (secondary N) is 1. The van der Waals surface area contributed by atoms with E-state index in [2.05, 4.69) is 12.2 Å². The molecule has 1 aliphatic carbocycles. The lowest BCUT2D eigenvalue weighted by Gasteiger charge is -2.26. The largest absolute Gasteiger partial charge is 0.454 e. The molecule has 2 aliphatic rings. The van der Waals surface area contributed by atoms with E-state index < -0.39 is 0 Å². The minimum Gasteiger partial charge on any atom is -0.454 e. The van der Waals surface area contributed by atoms with Gasteiger partial charge in [-0.15, -0.1) is 0 Å². The molecule has 4 heteroatoms. The summed E-state index contributed by atoms with van der Waals surface area (Å²) >= 11 is 6.19. The Morgan fingerprint density at radius 3 is 3.05 bits per heavy atom. The molecule has 21 heavy (non-hydrogen) atoms. The smallest absolute Gasteiger partial charge is 0.231 e. The summed E-state index contributed by atoms with van der Waals surface area (Å²) in [6.07, 6.45) is 6.91. The molecule has 0 aromatic heterocycles. The SMILES string of the molecule is CC1CCCC(CCNCc2cc(Cl)c3c(c2)OCO3)C1. The highest BCUT2D eigenvalue weighted by molar-refractivity contribution is 6.32. The van der Waals surface area contributed by atoms with Crippen LogP contribution in [0.1, 0.15) is 44.6 Å². The molecule has 0 spiro atoms. The molecule has 0 radical (unpaired) electrons. The molecule has 0 bridgehead atoms. The first kappa shape index (κ1) is 15.0. The molecule has 3 nitrogen and oxygen atoms in total. The van der Waals surface area contributed by atoms with Gasteiger partial charge in [0.15, 0.2) is 11.5 Å². The van der Waals surface area contributed by atoms with Crippen LogP contribution >= 0.6 is 11.6 Å². The second kappa shape index (κ2) is 6.89. The van der Waals surface area contributed by atoms with Crippen molar-refractivity contribution in [2.45, 2.75) is 45.6 Å². The fourth-order valence-electron chi connectivity index (χ4n) is 3.48. The maximum Gasteiger partial charge on any atom is 0.231 e. The van der Waals surface area contributed by atoms with Crippen LogP contribution in [0, 0.1) is 11.8 Å². The number of hydrogen-bond donors (Lipinski definition) is 1. The second-order valence-electron chi connectivity index (χ2n) is 6.41. The summed E-state index contributed by atoms with van der Waals surface area (Å²) in [5.41, 5.74) is 1.15. The lowest BCUT2D eigenvalue weighted by Crippen LogP contribution is -2.21. The van der Waals surface area contributed by atoms with E-state index in [4.69, 9.17) is 21.1 Å². The first-order chi connectivity index (χ1) is 10.2. The zero-order chi connectivity index (χ0) is 14.7. The van der Waals surface area contributed by atoms with Crippen LogP contribution in [-0.2, 0) is 6.54 Å². The van der Waals surface area contributed by atoms with Crippen LogP contribution in [0.25, 0.3) is 0 Å². The van der Waals surface area contributed by atoms with Crippen molar-refractivity contribution >= 4 is 11.6 Å². The highest BCUT2D eigenvalue weighted by Gasteiger charge is 2.19.